The molecule has 0 spiro atoms. The number of fused-ring (bicyclic) bond motifs is 1. The average molecular weight is 262 g/mol. The van der Waals surface area contributed by atoms with Crippen molar-refractivity contribution >= 4 is 11.0 Å². The SMILES string of the molecule is Cc1c(C(O)C2CCCCC2)oc2ccc(F)cc12. The van der Waals surface area contributed by atoms with Crippen LogP contribution in [0.3, 0.4) is 0 Å². The second kappa shape index (κ2) is 4.97. The van der Waals surface area contributed by atoms with Crippen molar-refractivity contribution in [2.24, 2.45) is 5.92 Å². The molecule has 2 aromatic rings. The van der Waals surface area contributed by atoms with Gasteiger partial charge in [0, 0.05) is 10.9 Å². The number of aliphatic hydroxyl groups is 1. The molecule has 2 nitrogen and oxygen atoms in total. The zero-order chi connectivity index (χ0) is 13.4. The van der Waals surface area contributed by atoms with E-state index in [1.165, 1.54) is 31.4 Å². The summed E-state index contributed by atoms with van der Waals surface area (Å²) < 4.78 is 19.0. The Labute approximate surface area is 112 Å². The third kappa shape index (κ3) is 2.27. The van der Waals surface area contributed by atoms with Crippen molar-refractivity contribution in [1.82, 2.24) is 0 Å². The Balaban J connectivity index is 1.97. The van der Waals surface area contributed by atoms with Gasteiger partial charge in [-0.1, -0.05) is 19.3 Å². The molecule has 1 saturated carbocycles. The van der Waals surface area contributed by atoms with Crippen LogP contribution >= 0.6 is 0 Å². The molecule has 1 unspecified atom stereocenters. The lowest BCUT2D eigenvalue weighted by Gasteiger charge is -2.25. The summed E-state index contributed by atoms with van der Waals surface area (Å²) in [5.41, 5.74) is 1.52. The van der Waals surface area contributed by atoms with E-state index in [2.05, 4.69) is 0 Å². The molecule has 3 rings (SSSR count). The minimum absolute atomic E-state index is 0.268. The summed E-state index contributed by atoms with van der Waals surface area (Å²) in [7, 11) is 0. The second-order valence-electron chi connectivity index (χ2n) is 5.57. The second-order valence-corrected chi connectivity index (χ2v) is 5.57. The molecule has 0 radical (unpaired) electrons. The highest BCUT2D eigenvalue weighted by Gasteiger charge is 2.27. The molecule has 1 aliphatic carbocycles. The molecule has 1 N–H and O–H groups in total. The van der Waals surface area contributed by atoms with E-state index in [0.717, 1.165) is 23.8 Å². The summed E-state index contributed by atoms with van der Waals surface area (Å²) in [6.45, 7) is 1.90. The van der Waals surface area contributed by atoms with Gasteiger partial charge in [0.25, 0.3) is 0 Å². The molecule has 0 aliphatic heterocycles. The van der Waals surface area contributed by atoms with Gasteiger partial charge in [-0.05, 0) is 43.9 Å². The number of rotatable bonds is 2. The van der Waals surface area contributed by atoms with Crippen LogP contribution in [0.4, 0.5) is 4.39 Å². The third-order valence-corrected chi connectivity index (χ3v) is 4.30. The van der Waals surface area contributed by atoms with E-state index in [9.17, 15) is 9.50 Å². The van der Waals surface area contributed by atoms with Gasteiger partial charge in [0.05, 0.1) is 0 Å². The Kier molecular flexibility index (Phi) is 3.31. The van der Waals surface area contributed by atoms with E-state index < -0.39 is 6.10 Å². The van der Waals surface area contributed by atoms with Gasteiger partial charge in [-0.3, -0.25) is 0 Å². The number of furan rings is 1. The highest BCUT2D eigenvalue weighted by atomic mass is 19.1. The lowest BCUT2D eigenvalue weighted by Crippen LogP contribution is -2.16. The minimum Gasteiger partial charge on any atom is -0.458 e. The van der Waals surface area contributed by atoms with E-state index >= 15 is 0 Å². The first kappa shape index (κ1) is 12.7. The smallest absolute Gasteiger partial charge is 0.136 e. The number of benzene rings is 1. The van der Waals surface area contributed by atoms with Crippen molar-refractivity contribution in [3.05, 3.63) is 35.3 Å². The van der Waals surface area contributed by atoms with Gasteiger partial charge in [-0.2, -0.15) is 0 Å². The maximum absolute atomic E-state index is 13.3. The first-order chi connectivity index (χ1) is 9.16. The van der Waals surface area contributed by atoms with Crippen LogP contribution in [0.25, 0.3) is 11.0 Å². The minimum atomic E-state index is -0.559. The number of aliphatic hydroxyl groups excluding tert-OH is 1. The van der Waals surface area contributed by atoms with E-state index in [1.54, 1.807) is 6.07 Å². The van der Waals surface area contributed by atoms with Gasteiger partial charge in [0.2, 0.25) is 0 Å². The molecule has 1 heterocycles. The maximum Gasteiger partial charge on any atom is 0.136 e. The Morgan fingerprint density at radius 2 is 2.00 bits per heavy atom. The third-order valence-electron chi connectivity index (χ3n) is 4.30. The fourth-order valence-corrected chi connectivity index (χ4v) is 3.16. The monoisotopic (exact) mass is 262 g/mol. The van der Waals surface area contributed by atoms with Crippen molar-refractivity contribution in [2.75, 3.05) is 0 Å². The van der Waals surface area contributed by atoms with Crippen LogP contribution in [0, 0.1) is 18.7 Å². The fourth-order valence-electron chi connectivity index (χ4n) is 3.16. The summed E-state index contributed by atoms with van der Waals surface area (Å²) >= 11 is 0. The number of hydrogen-bond donors (Lipinski definition) is 1. The van der Waals surface area contributed by atoms with Gasteiger partial charge in [0.15, 0.2) is 0 Å². The summed E-state index contributed by atoms with van der Waals surface area (Å²) in [6.07, 6.45) is 5.15. The fraction of sp³-hybridized carbons (Fsp3) is 0.500. The highest BCUT2D eigenvalue weighted by Crippen LogP contribution is 2.38. The lowest BCUT2D eigenvalue weighted by molar-refractivity contribution is 0.0661. The Morgan fingerprint density at radius 3 is 2.74 bits per heavy atom. The van der Waals surface area contributed by atoms with Crippen LogP contribution in [0.1, 0.15) is 49.5 Å². The zero-order valence-corrected chi connectivity index (χ0v) is 11.2. The quantitative estimate of drug-likeness (QED) is 0.864. The molecule has 1 aliphatic rings. The van der Waals surface area contributed by atoms with Crippen LogP contribution in [-0.2, 0) is 0 Å². The van der Waals surface area contributed by atoms with E-state index in [-0.39, 0.29) is 11.7 Å². The molecule has 3 heteroatoms. The molecular weight excluding hydrogens is 243 g/mol. The summed E-state index contributed by atoms with van der Waals surface area (Å²) in [5.74, 6) is 0.625. The van der Waals surface area contributed by atoms with Crippen molar-refractivity contribution in [3.8, 4) is 0 Å². The molecular formula is C16H19FO2. The maximum atomic E-state index is 13.3. The number of hydrogen-bond acceptors (Lipinski definition) is 2. The van der Waals surface area contributed by atoms with Crippen LogP contribution in [-0.4, -0.2) is 5.11 Å². The molecule has 1 fully saturated rings. The average Bonchev–Trinajstić information content (AvgIpc) is 2.76. The number of aryl methyl sites for hydroxylation is 1. The van der Waals surface area contributed by atoms with E-state index in [0.29, 0.717) is 11.3 Å². The topological polar surface area (TPSA) is 33.4 Å². The standard InChI is InChI=1S/C16H19FO2/c1-10-13-9-12(17)7-8-14(13)19-16(10)15(18)11-5-3-2-4-6-11/h7-9,11,15,18H,2-6H2,1H3. The molecule has 102 valence electrons. The van der Waals surface area contributed by atoms with Crippen molar-refractivity contribution in [2.45, 2.75) is 45.1 Å². The highest BCUT2D eigenvalue weighted by molar-refractivity contribution is 5.82. The van der Waals surface area contributed by atoms with Crippen molar-refractivity contribution in [3.63, 3.8) is 0 Å². The van der Waals surface area contributed by atoms with Crippen molar-refractivity contribution < 1.29 is 13.9 Å². The molecule has 1 aromatic heterocycles. The molecule has 1 aromatic carbocycles. The zero-order valence-electron chi connectivity index (χ0n) is 11.2. The van der Waals surface area contributed by atoms with E-state index in [4.69, 9.17) is 4.42 Å². The van der Waals surface area contributed by atoms with Crippen LogP contribution in [0.15, 0.2) is 22.6 Å². The molecule has 0 saturated heterocycles. The Morgan fingerprint density at radius 1 is 1.26 bits per heavy atom. The molecule has 0 bridgehead atoms. The van der Waals surface area contributed by atoms with Gasteiger partial charge < -0.3 is 9.52 Å². The van der Waals surface area contributed by atoms with Crippen molar-refractivity contribution in [1.29, 1.82) is 0 Å². The first-order valence-electron chi connectivity index (χ1n) is 7.03. The summed E-state index contributed by atoms with van der Waals surface area (Å²) in [6, 6.07) is 4.50. The van der Waals surface area contributed by atoms with Crippen LogP contribution < -0.4 is 0 Å². The summed E-state index contributed by atoms with van der Waals surface area (Å²) in [5, 5.41) is 11.3. The normalized spacial score (nSPS) is 18.9. The van der Waals surface area contributed by atoms with Gasteiger partial charge >= 0.3 is 0 Å². The van der Waals surface area contributed by atoms with Crippen LogP contribution in [0.5, 0.6) is 0 Å². The lowest BCUT2D eigenvalue weighted by atomic mass is 9.84. The largest absolute Gasteiger partial charge is 0.458 e. The first-order valence-corrected chi connectivity index (χ1v) is 7.03. The van der Waals surface area contributed by atoms with Gasteiger partial charge in [-0.15, -0.1) is 0 Å². The van der Waals surface area contributed by atoms with Gasteiger partial charge in [0.1, 0.15) is 23.3 Å². The van der Waals surface area contributed by atoms with E-state index in [1.807, 2.05) is 6.92 Å². The number of halogens is 1. The Hall–Kier alpha value is -1.35. The summed E-state index contributed by atoms with van der Waals surface area (Å²) in [4.78, 5) is 0. The molecule has 19 heavy (non-hydrogen) atoms. The van der Waals surface area contributed by atoms with Gasteiger partial charge in [-0.25, -0.2) is 4.39 Å². The Bertz CT molecular complexity index is 582. The molecule has 1 atom stereocenters. The van der Waals surface area contributed by atoms with Crippen LogP contribution in [0.2, 0.25) is 0 Å². The predicted octanol–water partition coefficient (Wildman–Crippen LogP) is 4.49. The predicted molar refractivity (Wildman–Crippen MR) is 72.4 cm³/mol. The molecule has 0 amide bonds.